The van der Waals surface area contributed by atoms with Gasteiger partial charge in [0.2, 0.25) is 5.88 Å². The molecule has 1 aliphatic rings. The van der Waals surface area contributed by atoms with Crippen LogP contribution in [0.2, 0.25) is 0 Å². The van der Waals surface area contributed by atoms with Gasteiger partial charge in [0.1, 0.15) is 11.8 Å². The van der Waals surface area contributed by atoms with E-state index in [4.69, 9.17) is 9.57 Å². The molecule has 122 valence electrons. The number of urea groups is 1. The summed E-state index contributed by atoms with van der Waals surface area (Å²) in [6, 6.07) is 1.23. The van der Waals surface area contributed by atoms with E-state index in [-0.39, 0.29) is 12.7 Å². The molecule has 1 aromatic heterocycles. The first-order valence-corrected chi connectivity index (χ1v) is 7.48. The van der Waals surface area contributed by atoms with Crippen LogP contribution in [0.1, 0.15) is 31.2 Å². The summed E-state index contributed by atoms with van der Waals surface area (Å²) < 4.78 is 5.09. The van der Waals surface area contributed by atoms with Crippen LogP contribution in [-0.2, 0) is 4.84 Å². The van der Waals surface area contributed by atoms with Gasteiger partial charge in [-0.1, -0.05) is 12.8 Å². The number of hydrogen-bond acceptors (Lipinski definition) is 5. The van der Waals surface area contributed by atoms with Crippen molar-refractivity contribution in [1.29, 1.82) is 0 Å². The highest BCUT2D eigenvalue weighted by Gasteiger charge is 2.26. The van der Waals surface area contributed by atoms with Gasteiger partial charge in [-0.05, 0) is 37.3 Å². The average Bonchev–Trinajstić information content (AvgIpc) is 3.02. The molecule has 1 aliphatic carbocycles. The molecule has 1 heterocycles. The fourth-order valence-electron chi connectivity index (χ4n) is 2.70. The van der Waals surface area contributed by atoms with Crippen molar-refractivity contribution in [2.75, 3.05) is 19.0 Å². The van der Waals surface area contributed by atoms with Crippen LogP contribution < -0.4 is 15.5 Å². The molecule has 7 heteroatoms. The van der Waals surface area contributed by atoms with E-state index in [1.54, 1.807) is 12.3 Å². The van der Waals surface area contributed by atoms with E-state index in [1.165, 1.54) is 7.11 Å². The fourth-order valence-corrected chi connectivity index (χ4v) is 2.70. The Morgan fingerprint density at radius 1 is 1.50 bits per heavy atom. The number of nitrogens with one attached hydrogen (secondary N) is 2. The van der Waals surface area contributed by atoms with E-state index in [0.29, 0.717) is 17.5 Å². The molecule has 0 spiro atoms. The number of aliphatic hydroxyl groups excluding tert-OH is 1. The van der Waals surface area contributed by atoms with Gasteiger partial charge in [-0.25, -0.2) is 15.3 Å². The van der Waals surface area contributed by atoms with Gasteiger partial charge in [-0.15, -0.1) is 0 Å². The molecule has 2 amide bonds. The summed E-state index contributed by atoms with van der Waals surface area (Å²) in [5, 5.41) is 12.0. The Morgan fingerprint density at radius 3 is 2.86 bits per heavy atom. The number of aliphatic hydroxyl groups is 1. The summed E-state index contributed by atoms with van der Waals surface area (Å²) in [6.45, 7) is 1.76. The third-order valence-electron chi connectivity index (χ3n) is 3.84. The van der Waals surface area contributed by atoms with Crippen LogP contribution in [0.25, 0.3) is 0 Å². The Morgan fingerprint density at radius 2 is 2.23 bits per heavy atom. The van der Waals surface area contributed by atoms with Crippen LogP contribution in [0.15, 0.2) is 12.3 Å². The molecule has 0 radical (unpaired) electrons. The molecule has 0 aromatic carbocycles. The van der Waals surface area contributed by atoms with Crippen molar-refractivity contribution in [2.24, 2.45) is 5.92 Å². The minimum Gasteiger partial charge on any atom is -0.480 e. The highest BCUT2D eigenvalue weighted by molar-refractivity contribution is 5.89. The van der Waals surface area contributed by atoms with Gasteiger partial charge >= 0.3 is 6.03 Å². The first-order chi connectivity index (χ1) is 10.6. The zero-order valence-corrected chi connectivity index (χ0v) is 13.0. The second-order valence-electron chi connectivity index (χ2n) is 5.51. The predicted octanol–water partition coefficient (Wildman–Crippen LogP) is 2.00. The van der Waals surface area contributed by atoms with Crippen LogP contribution in [0.5, 0.6) is 5.88 Å². The normalized spacial score (nSPS) is 16.3. The van der Waals surface area contributed by atoms with E-state index in [1.807, 2.05) is 6.92 Å². The van der Waals surface area contributed by atoms with Crippen molar-refractivity contribution in [1.82, 2.24) is 10.5 Å². The Hall–Kier alpha value is -1.86. The number of anilines is 1. The highest BCUT2D eigenvalue weighted by atomic mass is 16.7. The van der Waals surface area contributed by atoms with Gasteiger partial charge in [0.25, 0.3) is 0 Å². The highest BCUT2D eigenvalue weighted by Crippen LogP contribution is 2.28. The monoisotopic (exact) mass is 309 g/mol. The molecule has 0 aliphatic heterocycles. The Labute approximate surface area is 130 Å². The molecule has 1 unspecified atom stereocenters. The molecule has 1 saturated carbocycles. The fraction of sp³-hybridized carbons (Fsp3) is 0.600. The third-order valence-corrected chi connectivity index (χ3v) is 3.84. The lowest BCUT2D eigenvalue weighted by molar-refractivity contribution is -0.0593. The van der Waals surface area contributed by atoms with Gasteiger partial charge in [0.05, 0.1) is 13.7 Å². The van der Waals surface area contributed by atoms with Crippen molar-refractivity contribution in [3.63, 3.8) is 0 Å². The minimum atomic E-state index is -0.526. The van der Waals surface area contributed by atoms with Crippen LogP contribution in [-0.4, -0.2) is 35.9 Å². The van der Waals surface area contributed by atoms with Gasteiger partial charge in [0, 0.05) is 6.20 Å². The summed E-state index contributed by atoms with van der Waals surface area (Å²) in [5.74, 6) is 0.621. The smallest absolute Gasteiger partial charge is 0.343 e. The number of carbonyl (C=O) groups is 1. The van der Waals surface area contributed by atoms with Crippen LogP contribution in [0, 0.1) is 12.8 Å². The maximum atomic E-state index is 11.9. The Bertz CT molecular complexity index is 504. The molecule has 22 heavy (non-hydrogen) atoms. The van der Waals surface area contributed by atoms with Gasteiger partial charge in [-0.2, -0.15) is 0 Å². The molecule has 7 nitrogen and oxygen atoms in total. The largest absolute Gasteiger partial charge is 0.480 e. The van der Waals surface area contributed by atoms with E-state index >= 15 is 0 Å². The number of nitrogens with zero attached hydrogens (tertiary/aromatic N) is 1. The molecule has 1 atom stereocenters. The van der Waals surface area contributed by atoms with Crippen molar-refractivity contribution in [2.45, 2.75) is 38.7 Å². The maximum Gasteiger partial charge on any atom is 0.343 e. The number of hydroxylamine groups is 1. The maximum absolute atomic E-state index is 11.9. The molecule has 2 rings (SSSR count). The second-order valence-corrected chi connectivity index (χ2v) is 5.51. The van der Waals surface area contributed by atoms with Gasteiger partial charge < -0.3 is 15.2 Å². The first-order valence-electron chi connectivity index (χ1n) is 7.48. The number of amides is 2. The van der Waals surface area contributed by atoms with Crippen LogP contribution in [0.4, 0.5) is 10.5 Å². The zero-order valence-electron chi connectivity index (χ0n) is 13.0. The topological polar surface area (TPSA) is 92.7 Å². The number of rotatable bonds is 6. The third kappa shape index (κ3) is 4.32. The van der Waals surface area contributed by atoms with Crippen molar-refractivity contribution in [3.8, 4) is 5.88 Å². The number of ether oxygens (including phenoxy) is 1. The molecule has 1 aromatic rings. The minimum absolute atomic E-state index is 0.111. The quantitative estimate of drug-likeness (QED) is 0.699. The average molecular weight is 309 g/mol. The first kappa shape index (κ1) is 16.5. The zero-order chi connectivity index (χ0) is 15.9. The lowest BCUT2D eigenvalue weighted by Crippen LogP contribution is -2.37. The molecule has 0 bridgehead atoms. The van der Waals surface area contributed by atoms with Crippen molar-refractivity contribution < 1.29 is 19.5 Å². The molecular weight excluding hydrogens is 286 g/mol. The number of pyridine rings is 1. The summed E-state index contributed by atoms with van der Waals surface area (Å²) >= 11 is 0. The van der Waals surface area contributed by atoms with E-state index in [0.717, 1.165) is 31.2 Å². The van der Waals surface area contributed by atoms with Gasteiger partial charge in [0.15, 0.2) is 0 Å². The lowest BCUT2D eigenvalue weighted by atomic mass is 10.0. The summed E-state index contributed by atoms with van der Waals surface area (Å²) in [5.41, 5.74) is 3.70. The van der Waals surface area contributed by atoms with E-state index in [9.17, 15) is 9.90 Å². The van der Waals surface area contributed by atoms with Crippen molar-refractivity contribution in [3.05, 3.63) is 17.8 Å². The number of aromatic nitrogens is 1. The molecular formula is C15H23N3O4. The standard InChI is InChI=1S/C15H23N3O4/c1-10-7-12(14(21-2)16-8-10)17-15(20)18-22-13(9-19)11-5-3-4-6-11/h7-8,11,13,19H,3-6,9H2,1-2H3,(H2,17,18,20). The second kappa shape index (κ2) is 7.95. The summed E-state index contributed by atoms with van der Waals surface area (Å²) in [6.07, 6.45) is 5.60. The van der Waals surface area contributed by atoms with Crippen molar-refractivity contribution >= 4 is 11.7 Å². The van der Waals surface area contributed by atoms with Crippen LogP contribution >= 0.6 is 0 Å². The Kier molecular flexibility index (Phi) is 5.97. The van der Waals surface area contributed by atoms with E-state index < -0.39 is 6.03 Å². The number of hydrogen-bond donors (Lipinski definition) is 3. The number of methoxy groups -OCH3 is 1. The molecule has 1 fully saturated rings. The Balaban J connectivity index is 1.88. The SMILES string of the molecule is COc1ncc(C)cc1NC(=O)NOC(CO)C1CCCC1. The number of carbonyl (C=O) groups excluding carboxylic acids is 1. The summed E-state index contributed by atoms with van der Waals surface area (Å²) in [7, 11) is 1.49. The van der Waals surface area contributed by atoms with E-state index in [2.05, 4.69) is 15.8 Å². The number of aryl methyl sites for hydroxylation is 1. The molecule has 0 saturated heterocycles. The summed E-state index contributed by atoms with van der Waals surface area (Å²) in [4.78, 5) is 21.3. The molecule has 3 N–H and O–H groups in total. The van der Waals surface area contributed by atoms with Gasteiger partial charge in [-0.3, -0.25) is 4.84 Å². The van der Waals surface area contributed by atoms with Crippen LogP contribution in [0.3, 0.4) is 0 Å². The lowest BCUT2D eigenvalue weighted by Gasteiger charge is -2.21. The predicted molar refractivity (Wildman–Crippen MR) is 81.6 cm³/mol.